The van der Waals surface area contributed by atoms with Crippen molar-refractivity contribution in [3.05, 3.63) is 35.9 Å². The molecule has 0 fully saturated rings. The number of nitrogens with one attached hydrogen (secondary N) is 2. The van der Waals surface area contributed by atoms with E-state index >= 15 is 0 Å². The van der Waals surface area contributed by atoms with Gasteiger partial charge in [0.1, 0.15) is 12.6 Å². The number of carbonyl (C=O) groups is 5. The van der Waals surface area contributed by atoms with Crippen molar-refractivity contribution in [3.63, 3.8) is 0 Å². The Bertz CT molecular complexity index is 815. The molecule has 0 unspecified atom stereocenters. The number of hydrogen-bond donors (Lipinski definition) is 3. The summed E-state index contributed by atoms with van der Waals surface area (Å²) in [6.07, 6.45) is -3.21. The number of ether oxygens (including phenoxy) is 4. The Balaban J connectivity index is 2.62. The van der Waals surface area contributed by atoms with Gasteiger partial charge in [-0.1, -0.05) is 30.3 Å². The quantitative estimate of drug-likeness (QED) is 0.273. The SMILES string of the molecule is COC(=O)C[C@@H](C(=O)OC)[C@@H](NC(=O)C[C@H](O)CNC(=O)OCc1ccccc1)C(=O)OC. The first-order chi connectivity index (χ1) is 15.7. The number of benzene rings is 1. The summed E-state index contributed by atoms with van der Waals surface area (Å²) in [5.74, 6) is -5.01. The average molecular weight is 468 g/mol. The average Bonchev–Trinajstić information content (AvgIpc) is 2.82. The monoisotopic (exact) mass is 468 g/mol. The lowest BCUT2D eigenvalue weighted by Crippen LogP contribution is -2.51. The number of hydrogen-bond acceptors (Lipinski definition) is 10. The highest BCUT2D eigenvalue weighted by Crippen LogP contribution is 2.15. The van der Waals surface area contributed by atoms with Crippen LogP contribution in [-0.4, -0.2) is 75.0 Å². The lowest BCUT2D eigenvalue weighted by molar-refractivity contribution is -0.159. The van der Waals surface area contributed by atoms with Crippen LogP contribution in [0.3, 0.4) is 0 Å². The van der Waals surface area contributed by atoms with Crippen molar-refractivity contribution >= 4 is 29.9 Å². The van der Waals surface area contributed by atoms with Crippen molar-refractivity contribution in [1.29, 1.82) is 0 Å². The van der Waals surface area contributed by atoms with E-state index in [1.807, 2.05) is 6.07 Å². The number of carbonyl (C=O) groups excluding carboxylic acids is 5. The number of aliphatic hydroxyl groups excluding tert-OH is 1. The summed E-state index contributed by atoms with van der Waals surface area (Å²) in [6, 6.07) is 7.37. The molecule has 0 aliphatic carbocycles. The number of aliphatic hydroxyl groups is 1. The highest BCUT2D eigenvalue weighted by atomic mass is 16.6. The number of alkyl carbamates (subject to hydrolysis) is 1. The molecule has 12 nitrogen and oxygen atoms in total. The van der Waals surface area contributed by atoms with Gasteiger partial charge in [0, 0.05) is 6.54 Å². The van der Waals surface area contributed by atoms with Crippen LogP contribution in [0.15, 0.2) is 30.3 Å². The predicted octanol–water partition coefficient (Wildman–Crippen LogP) is -0.326. The van der Waals surface area contributed by atoms with Crippen molar-refractivity contribution in [2.45, 2.75) is 31.6 Å². The molecule has 3 N–H and O–H groups in total. The molecule has 0 aromatic heterocycles. The molecule has 0 aliphatic heterocycles. The molecule has 3 atom stereocenters. The van der Waals surface area contributed by atoms with Gasteiger partial charge in [-0.15, -0.1) is 0 Å². The Morgan fingerprint density at radius 1 is 0.909 bits per heavy atom. The Labute approximate surface area is 190 Å². The van der Waals surface area contributed by atoms with Crippen LogP contribution in [0.4, 0.5) is 4.79 Å². The number of rotatable bonds is 12. The molecule has 1 rings (SSSR count). The summed E-state index contributed by atoms with van der Waals surface area (Å²) in [6.45, 7) is -0.286. The van der Waals surface area contributed by atoms with Gasteiger partial charge in [0.25, 0.3) is 0 Å². The van der Waals surface area contributed by atoms with E-state index in [4.69, 9.17) is 4.74 Å². The maximum atomic E-state index is 12.3. The molecule has 0 aliphatic rings. The Kier molecular flexibility index (Phi) is 11.9. The topological polar surface area (TPSA) is 167 Å². The van der Waals surface area contributed by atoms with Gasteiger partial charge in [-0.2, -0.15) is 0 Å². The molecule has 12 heteroatoms. The minimum absolute atomic E-state index is 0.0270. The van der Waals surface area contributed by atoms with E-state index in [1.165, 1.54) is 0 Å². The fraction of sp³-hybridized carbons (Fsp3) is 0.476. The third-order valence-electron chi connectivity index (χ3n) is 4.41. The first kappa shape index (κ1) is 27.4. The fourth-order valence-electron chi connectivity index (χ4n) is 2.70. The van der Waals surface area contributed by atoms with Crippen LogP contribution in [0.1, 0.15) is 18.4 Å². The predicted molar refractivity (Wildman–Crippen MR) is 111 cm³/mol. The van der Waals surface area contributed by atoms with Gasteiger partial charge in [0.05, 0.1) is 46.2 Å². The zero-order valence-corrected chi connectivity index (χ0v) is 18.6. The molecule has 0 saturated carbocycles. The van der Waals surface area contributed by atoms with Crippen LogP contribution in [0.5, 0.6) is 0 Å². The first-order valence-corrected chi connectivity index (χ1v) is 9.86. The van der Waals surface area contributed by atoms with E-state index in [-0.39, 0.29) is 13.2 Å². The van der Waals surface area contributed by atoms with E-state index < -0.39 is 60.8 Å². The van der Waals surface area contributed by atoms with Gasteiger partial charge in [-0.3, -0.25) is 14.4 Å². The minimum atomic E-state index is -1.56. The summed E-state index contributed by atoms with van der Waals surface area (Å²) in [7, 11) is 3.18. The molecule has 1 aromatic rings. The van der Waals surface area contributed by atoms with Gasteiger partial charge >= 0.3 is 24.0 Å². The lowest BCUT2D eigenvalue weighted by Gasteiger charge is -2.24. The summed E-state index contributed by atoms with van der Waals surface area (Å²) in [4.78, 5) is 59.9. The molecular formula is C21H28N2O10. The van der Waals surface area contributed by atoms with Gasteiger partial charge in [0.2, 0.25) is 5.91 Å². The third kappa shape index (κ3) is 9.99. The molecule has 182 valence electrons. The highest BCUT2D eigenvalue weighted by molar-refractivity contribution is 5.91. The summed E-state index contributed by atoms with van der Waals surface area (Å²) in [5.41, 5.74) is 0.772. The van der Waals surface area contributed by atoms with Gasteiger partial charge in [-0.05, 0) is 5.56 Å². The second-order valence-corrected chi connectivity index (χ2v) is 6.78. The van der Waals surface area contributed by atoms with Crippen molar-refractivity contribution in [3.8, 4) is 0 Å². The second kappa shape index (κ2) is 14.4. The zero-order chi connectivity index (χ0) is 24.8. The summed E-state index contributed by atoms with van der Waals surface area (Å²) < 4.78 is 18.7. The molecule has 2 amide bonds. The third-order valence-corrected chi connectivity index (χ3v) is 4.41. The van der Waals surface area contributed by atoms with Crippen LogP contribution >= 0.6 is 0 Å². The first-order valence-electron chi connectivity index (χ1n) is 9.86. The largest absolute Gasteiger partial charge is 0.469 e. The summed E-state index contributed by atoms with van der Waals surface area (Å²) >= 11 is 0. The maximum absolute atomic E-state index is 12.3. The van der Waals surface area contributed by atoms with Crippen LogP contribution < -0.4 is 10.6 Å². The Morgan fingerprint density at radius 2 is 1.55 bits per heavy atom. The van der Waals surface area contributed by atoms with Crippen molar-refractivity contribution in [1.82, 2.24) is 10.6 Å². The zero-order valence-electron chi connectivity index (χ0n) is 18.6. The molecule has 1 aromatic carbocycles. The Hall–Kier alpha value is -3.67. The Morgan fingerprint density at radius 3 is 2.12 bits per heavy atom. The normalized spacial score (nSPS) is 13.0. The van der Waals surface area contributed by atoms with E-state index in [2.05, 4.69) is 24.8 Å². The van der Waals surface area contributed by atoms with Gasteiger partial charge in [0.15, 0.2) is 0 Å². The molecular weight excluding hydrogens is 440 g/mol. The summed E-state index contributed by atoms with van der Waals surface area (Å²) in [5, 5.41) is 14.6. The standard InChI is InChI=1S/C21H28N2O10/c1-30-17(26)10-15(19(27)31-2)18(20(28)32-3)23-16(25)9-14(24)11-22-21(29)33-12-13-7-5-4-6-8-13/h4-8,14-15,18,24H,9-12H2,1-3H3,(H,22,29)(H,23,25)/t14-,15+,18+/m0/s1. The van der Waals surface area contributed by atoms with Crippen LogP contribution in [-0.2, 0) is 44.7 Å². The lowest BCUT2D eigenvalue weighted by atomic mass is 9.95. The van der Waals surface area contributed by atoms with Crippen LogP contribution in [0.25, 0.3) is 0 Å². The van der Waals surface area contributed by atoms with Crippen molar-refractivity contribution in [2.24, 2.45) is 5.92 Å². The van der Waals surface area contributed by atoms with Gasteiger partial charge < -0.3 is 34.7 Å². The number of esters is 3. The van der Waals surface area contributed by atoms with E-state index in [0.717, 1.165) is 26.9 Å². The number of methoxy groups -OCH3 is 3. The number of amides is 2. The fourth-order valence-corrected chi connectivity index (χ4v) is 2.70. The molecule has 0 heterocycles. The minimum Gasteiger partial charge on any atom is -0.469 e. The van der Waals surface area contributed by atoms with Crippen LogP contribution in [0, 0.1) is 5.92 Å². The molecule has 0 spiro atoms. The molecule has 0 radical (unpaired) electrons. The van der Waals surface area contributed by atoms with Gasteiger partial charge in [-0.25, -0.2) is 9.59 Å². The van der Waals surface area contributed by atoms with E-state index in [0.29, 0.717) is 0 Å². The smallest absolute Gasteiger partial charge is 0.407 e. The highest BCUT2D eigenvalue weighted by Gasteiger charge is 2.38. The van der Waals surface area contributed by atoms with E-state index in [9.17, 15) is 29.1 Å². The molecule has 33 heavy (non-hydrogen) atoms. The van der Waals surface area contributed by atoms with E-state index in [1.54, 1.807) is 24.3 Å². The van der Waals surface area contributed by atoms with Crippen LogP contribution in [0.2, 0.25) is 0 Å². The van der Waals surface area contributed by atoms with Crippen molar-refractivity contribution in [2.75, 3.05) is 27.9 Å². The van der Waals surface area contributed by atoms with Crippen molar-refractivity contribution < 1.29 is 48.0 Å². The molecule has 0 saturated heterocycles. The molecule has 0 bridgehead atoms. The maximum Gasteiger partial charge on any atom is 0.407 e. The second-order valence-electron chi connectivity index (χ2n) is 6.78.